The van der Waals surface area contributed by atoms with Crippen molar-refractivity contribution in [1.29, 1.82) is 0 Å². The van der Waals surface area contributed by atoms with E-state index < -0.39 is 0 Å². The molecule has 18 heavy (non-hydrogen) atoms. The molecule has 0 aliphatic rings. The van der Waals surface area contributed by atoms with Gasteiger partial charge in [0.15, 0.2) is 0 Å². The molecule has 0 aromatic carbocycles. The quantitative estimate of drug-likeness (QED) is 0.754. The molecule has 2 rings (SSSR count). The fourth-order valence-electron chi connectivity index (χ4n) is 1.69. The van der Waals surface area contributed by atoms with E-state index in [0.29, 0.717) is 0 Å². The summed E-state index contributed by atoms with van der Waals surface area (Å²) in [4.78, 5) is 4.29. The largest absolute Gasteiger partial charge is 0.382 e. The van der Waals surface area contributed by atoms with Gasteiger partial charge in [-0.05, 0) is 13.3 Å². The van der Waals surface area contributed by atoms with Crippen LogP contribution in [-0.4, -0.2) is 39.1 Å². The van der Waals surface area contributed by atoms with E-state index in [1.54, 1.807) is 10.9 Å². The Morgan fingerprint density at radius 2 is 2.33 bits per heavy atom. The molecule has 2 heterocycles. The van der Waals surface area contributed by atoms with Gasteiger partial charge in [-0.1, -0.05) is 0 Å². The molecule has 2 aromatic heterocycles. The molecule has 6 heteroatoms. The van der Waals surface area contributed by atoms with Gasteiger partial charge in [0.1, 0.15) is 0 Å². The summed E-state index contributed by atoms with van der Waals surface area (Å²) >= 11 is 0. The van der Waals surface area contributed by atoms with Crippen LogP contribution in [-0.2, 0) is 11.8 Å². The monoisotopic (exact) mass is 249 g/mol. The van der Waals surface area contributed by atoms with Gasteiger partial charge in [-0.2, -0.15) is 5.10 Å². The number of aryl methyl sites for hydroxylation is 1. The summed E-state index contributed by atoms with van der Waals surface area (Å²) in [6.45, 7) is 4.39. The van der Waals surface area contributed by atoms with Gasteiger partial charge >= 0.3 is 0 Å². The number of rotatable bonds is 7. The lowest BCUT2D eigenvalue weighted by molar-refractivity contribution is 0.147. The topological polar surface area (TPSA) is 56.9 Å². The van der Waals surface area contributed by atoms with Crippen LogP contribution < -0.4 is 5.32 Å². The van der Waals surface area contributed by atoms with Crippen LogP contribution in [0.25, 0.3) is 5.69 Å². The number of nitrogens with one attached hydrogen (secondary N) is 1. The molecule has 98 valence electrons. The third-order valence-corrected chi connectivity index (χ3v) is 2.56. The van der Waals surface area contributed by atoms with Gasteiger partial charge in [-0.3, -0.25) is 9.25 Å². The highest BCUT2D eigenvalue weighted by atomic mass is 16.5. The van der Waals surface area contributed by atoms with Gasteiger partial charge < -0.3 is 10.1 Å². The third kappa shape index (κ3) is 3.10. The molecule has 0 saturated carbocycles. The van der Waals surface area contributed by atoms with Gasteiger partial charge in [0.2, 0.25) is 5.95 Å². The number of ether oxygens (including phenoxy) is 1. The lowest BCUT2D eigenvalue weighted by Crippen LogP contribution is -2.09. The van der Waals surface area contributed by atoms with Crippen LogP contribution in [0.5, 0.6) is 0 Å². The van der Waals surface area contributed by atoms with E-state index in [0.717, 1.165) is 37.8 Å². The van der Waals surface area contributed by atoms with Crippen LogP contribution in [0.15, 0.2) is 24.8 Å². The van der Waals surface area contributed by atoms with Crippen molar-refractivity contribution in [2.75, 3.05) is 25.1 Å². The maximum Gasteiger partial charge on any atom is 0.207 e. The van der Waals surface area contributed by atoms with Crippen LogP contribution in [0.4, 0.5) is 5.95 Å². The van der Waals surface area contributed by atoms with E-state index >= 15 is 0 Å². The second-order valence-electron chi connectivity index (χ2n) is 3.97. The van der Waals surface area contributed by atoms with Crippen molar-refractivity contribution in [3.8, 4) is 5.69 Å². The van der Waals surface area contributed by atoms with Gasteiger partial charge in [-0.25, -0.2) is 4.98 Å². The van der Waals surface area contributed by atoms with Gasteiger partial charge in [0, 0.05) is 45.4 Å². The zero-order chi connectivity index (χ0) is 12.8. The maximum absolute atomic E-state index is 5.29. The zero-order valence-corrected chi connectivity index (χ0v) is 10.8. The molecule has 6 nitrogen and oxygen atoms in total. The lowest BCUT2D eigenvalue weighted by Gasteiger charge is -2.07. The van der Waals surface area contributed by atoms with Gasteiger partial charge in [-0.15, -0.1) is 0 Å². The minimum absolute atomic E-state index is 0.768. The number of imidazole rings is 1. The number of hydrogen-bond acceptors (Lipinski definition) is 4. The highest BCUT2D eigenvalue weighted by Crippen LogP contribution is 2.12. The Hall–Kier alpha value is -1.82. The van der Waals surface area contributed by atoms with Crippen molar-refractivity contribution < 1.29 is 4.74 Å². The van der Waals surface area contributed by atoms with Crippen LogP contribution in [0.2, 0.25) is 0 Å². The third-order valence-electron chi connectivity index (χ3n) is 2.56. The van der Waals surface area contributed by atoms with Crippen LogP contribution >= 0.6 is 0 Å². The summed E-state index contributed by atoms with van der Waals surface area (Å²) in [7, 11) is 1.90. The fraction of sp³-hybridized carbons (Fsp3) is 0.500. The van der Waals surface area contributed by atoms with Crippen molar-refractivity contribution >= 4 is 5.95 Å². The average Bonchev–Trinajstić information content (AvgIpc) is 2.97. The molecule has 0 spiro atoms. The predicted molar refractivity (Wildman–Crippen MR) is 69.9 cm³/mol. The molecule has 0 fully saturated rings. The first-order valence-corrected chi connectivity index (χ1v) is 6.15. The van der Waals surface area contributed by atoms with Crippen molar-refractivity contribution in [1.82, 2.24) is 19.3 Å². The Balaban J connectivity index is 1.92. The SMILES string of the molecule is CCOCCCNc1nccn1-c1cnn(C)c1. The minimum Gasteiger partial charge on any atom is -0.382 e. The zero-order valence-electron chi connectivity index (χ0n) is 10.8. The lowest BCUT2D eigenvalue weighted by atomic mass is 10.4. The second-order valence-corrected chi connectivity index (χ2v) is 3.97. The van der Waals surface area contributed by atoms with E-state index in [9.17, 15) is 0 Å². The molecule has 2 aromatic rings. The molecule has 0 atom stereocenters. The number of hydrogen-bond donors (Lipinski definition) is 1. The Morgan fingerprint density at radius 3 is 3.06 bits per heavy atom. The Bertz CT molecular complexity index is 476. The van der Waals surface area contributed by atoms with E-state index in [1.165, 1.54) is 0 Å². The molecular weight excluding hydrogens is 230 g/mol. The first-order chi connectivity index (χ1) is 8.81. The fourth-order valence-corrected chi connectivity index (χ4v) is 1.69. The number of aromatic nitrogens is 4. The Kier molecular flexibility index (Phi) is 4.35. The molecule has 0 amide bonds. The van der Waals surface area contributed by atoms with Crippen molar-refractivity contribution in [2.45, 2.75) is 13.3 Å². The van der Waals surface area contributed by atoms with Gasteiger partial charge in [0.05, 0.1) is 11.9 Å². The first-order valence-electron chi connectivity index (χ1n) is 6.15. The van der Waals surface area contributed by atoms with Crippen LogP contribution in [0, 0.1) is 0 Å². The predicted octanol–water partition coefficient (Wildman–Crippen LogP) is 1.44. The summed E-state index contributed by atoms with van der Waals surface area (Å²) in [5.41, 5.74) is 1.00. The molecule has 1 N–H and O–H groups in total. The highest BCUT2D eigenvalue weighted by molar-refractivity contribution is 5.38. The maximum atomic E-state index is 5.29. The van der Waals surface area contributed by atoms with Crippen LogP contribution in [0.1, 0.15) is 13.3 Å². The summed E-state index contributed by atoms with van der Waals surface area (Å²) in [6, 6.07) is 0. The summed E-state index contributed by atoms with van der Waals surface area (Å²) in [5, 5.41) is 7.45. The second kappa shape index (κ2) is 6.20. The number of nitrogens with zero attached hydrogens (tertiary/aromatic N) is 4. The van der Waals surface area contributed by atoms with E-state index in [1.807, 2.05) is 37.1 Å². The standard InChI is InChI=1S/C12H19N5O/c1-3-18-8-4-5-13-12-14-6-7-17(12)11-9-15-16(2)10-11/h6-7,9-10H,3-5,8H2,1-2H3,(H,13,14). The van der Waals surface area contributed by atoms with Crippen molar-refractivity contribution in [2.24, 2.45) is 7.05 Å². The minimum atomic E-state index is 0.768. The van der Waals surface area contributed by atoms with Crippen LogP contribution in [0.3, 0.4) is 0 Å². The molecular formula is C12H19N5O. The summed E-state index contributed by atoms with van der Waals surface area (Å²) in [6.07, 6.45) is 8.42. The van der Waals surface area contributed by atoms with Crippen molar-refractivity contribution in [3.05, 3.63) is 24.8 Å². The summed E-state index contributed by atoms with van der Waals surface area (Å²) < 4.78 is 9.04. The average molecular weight is 249 g/mol. The number of anilines is 1. The Morgan fingerprint density at radius 1 is 1.44 bits per heavy atom. The van der Waals surface area contributed by atoms with Gasteiger partial charge in [0.25, 0.3) is 0 Å². The van der Waals surface area contributed by atoms with E-state index in [2.05, 4.69) is 15.4 Å². The highest BCUT2D eigenvalue weighted by Gasteiger charge is 2.05. The molecule has 0 aliphatic heterocycles. The normalized spacial score (nSPS) is 10.8. The smallest absolute Gasteiger partial charge is 0.207 e. The molecule has 0 bridgehead atoms. The Labute approximate surface area is 107 Å². The van der Waals surface area contributed by atoms with E-state index in [4.69, 9.17) is 4.74 Å². The van der Waals surface area contributed by atoms with E-state index in [-0.39, 0.29) is 0 Å². The molecule has 0 saturated heterocycles. The molecule has 0 aliphatic carbocycles. The molecule has 0 unspecified atom stereocenters. The first kappa shape index (κ1) is 12.6. The summed E-state index contributed by atoms with van der Waals surface area (Å²) in [5.74, 6) is 0.833. The van der Waals surface area contributed by atoms with Crippen molar-refractivity contribution in [3.63, 3.8) is 0 Å². The molecule has 0 radical (unpaired) electrons.